The third-order valence-corrected chi connectivity index (χ3v) is 3.84. The fraction of sp³-hybridized carbons (Fsp3) is 0.938. The van der Waals surface area contributed by atoms with Crippen LogP contribution in [0.25, 0.3) is 0 Å². The number of Topliss-reactive ketones (excluding diaryl/α,β-unsaturated/α-hetero) is 1. The summed E-state index contributed by atoms with van der Waals surface area (Å²) >= 11 is 0. The van der Waals surface area contributed by atoms with Crippen LogP contribution in [0, 0.1) is 17.3 Å². The molecule has 2 atom stereocenters. The van der Waals surface area contributed by atoms with Crippen molar-refractivity contribution in [2.24, 2.45) is 17.3 Å². The van der Waals surface area contributed by atoms with Crippen molar-refractivity contribution < 1.29 is 4.79 Å². The molecule has 0 N–H and O–H groups in total. The summed E-state index contributed by atoms with van der Waals surface area (Å²) in [4.78, 5) is 11.7. The molecule has 0 amide bonds. The molecule has 0 aromatic heterocycles. The van der Waals surface area contributed by atoms with Gasteiger partial charge in [-0.15, -0.1) is 0 Å². The highest BCUT2D eigenvalue weighted by Crippen LogP contribution is 2.38. The summed E-state index contributed by atoms with van der Waals surface area (Å²) < 4.78 is 0. The molecule has 0 aromatic carbocycles. The summed E-state index contributed by atoms with van der Waals surface area (Å²) in [5.74, 6) is 2.05. The standard InChI is InChI=1S/C16H30O/c1-5-7-15(17)11-13-8-6-9-14(10-13)12-16(2,3)4/h13-14H,5-12H2,1-4H3/t13-,14-/m1/s1. The van der Waals surface area contributed by atoms with Gasteiger partial charge in [0.05, 0.1) is 0 Å². The number of hydrogen-bond donors (Lipinski definition) is 0. The van der Waals surface area contributed by atoms with E-state index in [0.717, 1.165) is 25.2 Å². The maximum atomic E-state index is 11.7. The third kappa shape index (κ3) is 6.24. The molecular formula is C16H30O. The Hall–Kier alpha value is -0.330. The summed E-state index contributed by atoms with van der Waals surface area (Å²) in [5.41, 5.74) is 0.444. The Morgan fingerprint density at radius 1 is 1.18 bits per heavy atom. The van der Waals surface area contributed by atoms with E-state index < -0.39 is 0 Å². The second kappa shape index (κ2) is 6.56. The highest BCUT2D eigenvalue weighted by atomic mass is 16.1. The van der Waals surface area contributed by atoms with Crippen LogP contribution < -0.4 is 0 Å². The zero-order chi connectivity index (χ0) is 12.9. The first-order chi connectivity index (χ1) is 7.90. The lowest BCUT2D eigenvalue weighted by Crippen LogP contribution is -2.22. The van der Waals surface area contributed by atoms with Crippen molar-refractivity contribution in [3.63, 3.8) is 0 Å². The number of hydrogen-bond acceptors (Lipinski definition) is 1. The fourth-order valence-corrected chi connectivity index (χ4v) is 3.34. The predicted octanol–water partition coefficient (Wildman–Crippen LogP) is 4.99. The molecule has 1 aliphatic rings. The van der Waals surface area contributed by atoms with Crippen LogP contribution in [0.3, 0.4) is 0 Å². The van der Waals surface area contributed by atoms with Gasteiger partial charge in [0.15, 0.2) is 0 Å². The molecule has 0 radical (unpaired) electrons. The summed E-state index contributed by atoms with van der Waals surface area (Å²) in [6.07, 6.45) is 9.29. The van der Waals surface area contributed by atoms with Crippen LogP contribution in [0.4, 0.5) is 0 Å². The molecule has 1 aliphatic carbocycles. The van der Waals surface area contributed by atoms with Crippen LogP contribution in [0.15, 0.2) is 0 Å². The van der Waals surface area contributed by atoms with Gasteiger partial charge in [0.1, 0.15) is 5.78 Å². The maximum Gasteiger partial charge on any atom is 0.133 e. The minimum Gasteiger partial charge on any atom is -0.300 e. The Morgan fingerprint density at radius 3 is 2.41 bits per heavy atom. The van der Waals surface area contributed by atoms with Gasteiger partial charge < -0.3 is 0 Å². The normalized spacial score (nSPS) is 25.9. The van der Waals surface area contributed by atoms with E-state index in [1.165, 1.54) is 32.1 Å². The van der Waals surface area contributed by atoms with Gasteiger partial charge in [0.2, 0.25) is 0 Å². The van der Waals surface area contributed by atoms with Crippen molar-refractivity contribution in [3.05, 3.63) is 0 Å². The molecule has 1 nitrogen and oxygen atoms in total. The van der Waals surface area contributed by atoms with Gasteiger partial charge in [0.25, 0.3) is 0 Å². The van der Waals surface area contributed by atoms with Crippen LogP contribution in [-0.4, -0.2) is 5.78 Å². The summed E-state index contributed by atoms with van der Waals surface area (Å²) in [7, 11) is 0. The van der Waals surface area contributed by atoms with E-state index in [0.29, 0.717) is 17.1 Å². The van der Waals surface area contributed by atoms with Crippen LogP contribution in [-0.2, 0) is 4.79 Å². The van der Waals surface area contributed by atoms with Gasteiger partial charge in [-0.05, 0) is 36.5 Å². The summed E-state index contributed by atoms with van der Waals surface area (Å²) in [5, 5.41) is 0. The molecule has 0 unspecified atom stereocenters. The van der Waals surface area contributed by atoms with Crippen LogP contribution in [0.5, 0.6) is 0 Å². The zero-order valence-electron chi connectivity index (χ0n) is 12.2. The van der Waals surface area contributed by atoms with Crippen molar-refractivity contribution in [2.75, 3.05) is 0 Å². The van der Waals surface area contributed by atoms with Gasteiger partial charge >= 0.3 is 0 Å². The molecular weight excluding hydrogens is 208 g/mol. The number of ketones is 1. The van der Waals surface area contributed by atoms with E-state index in [-0.39, 0.29) is 0 Å². The van der Waals surface area contributed by atoms with Gasteiger partial charge in [-0.2, -0.15) is 0 Å². The molecule has 0 aliphatic heterocycles. The minimum absolute atomic E-state index is 0.444. The first kappa shape index (κ1) is 14.7. The summed E-state index contributed by atoms with van der Waals surface area (Å²) in [6, 6.07) is 0. The van der Waals surface area contributed by atoms with Gasteiger partial charge in [-0.25, -0.2) is 0 Å². The van der Waals surface area contributed by atoms with Crippen LogP contribution in [0.2, 0.25) is 0 Å². The largest absolute Gasteiger partial charge is 0.300 e. The molecule has 17 heavy (non-hydrogen) atoms. The van der Waals surface area contributed by atoms with E-state index in [2.05, 4.69) is 27.7 Å². The van der Waals surface area contributed by atoms with Gasteiger partial charge in [-0.3, -0.25) is 4.79 Å². The second-order valence-electron chi connectivity index (χ2n) is 7.16. The topological polar surface area (TPSA) is 17.1 Å². The highest BCUT2D eigenvalue weighted by molar-refractivity contribution is 5.78. The molecule has 1 rings (SSSR count). The van der Waals surface area contributed by atoms with Crippen molar-refractivity contribution in [1.82, 2.24) is 0 Å². The van der Waals surface area contributed by atoms with Crippen LogP contribution >= 0.6 is 0 Å². The Kier molecular flexibility index (Phi) is 5.69. The Labute approximate surface area is 107 Å². The monoisotopic (exact) mass is 238 g/mol. The molecule has 0 spiro atoms. The zero-order valence-corrected chi connectivity index (χ0v) is 12.2. The van der Waals surface area contributed by atoms with Crippen molar-refractivity contribution >= 4 is 5.78 Å². The van der Waals surface area contributed by atoms with E-state index in [4.69, 9.17) is 0 Å². The van der Waals surface area contributed by atoms with Gasteiger partial charge in [0, 0.05) is 12.8 Å². The van der Waals surface area contributed by atoms with E-state index >= 15 is 0 Å². The number of carbonyl (C=O) groups is 1. The highest BCUT2D eigenvalue weighted by Gasteiger charge is 2.26. The van der Waals surface area contributed by atoms with Crippen molar-refractivity contribution in [3.8, 4) is 0 Å². The maximum absolute atomic E-state index is 11.7. The average Bonchev–Trinajstić information content (AvgIpc) is 2.15. The summed E-state index contributed by atoms with van der Waals surface area (Å²) in [6.45, 7) is 9.09. The Morgan fingerprint density at radius 2 is 1.82 bits per heavy atom. The smallest absolute Gasteiger partial charge is 0.133 e. The first-order valence-corrected chi connectivity index (χ1v) is 7.42. The molecule has 0 aromatic rings. The van der Waals surface area contributed by atoms with Crippen LogP contribution in [0.1, 0.15) is 79.1 Å². The lowest BCUT2D eigenvalue weighted by Gasteiger charge is -2.33. The minimum atomic E-state index is 0.444. The van der Waals surface area contributed by atoms with Crippen molar-refractivity contribution in [1.29, 1.82) is 0 Å². The number of rotatable bonds is 5. The molecule has 1 saturated carbocycles. The molecule has 1 fully saturated rings. The van der Waals surface area contributed by atoms with E-state index in [9.17, 15) is 4.79 Å². The molecule has 0 heterocycles. The Balaban J connectivity index is 2.36. The molecule has 0 bridgehead atoms. The SMILES string of the molecule is CCCC(=O)C[C@@H]1CCC[C@@H](CC(C)(C)C)C1. The lowest BCUT2D eigenvalue weighted by molar-refractivity contribution is -0.120. The molecule has 0 saturated heterocycles. The van der Waals surface area contributed by atoms with E-state index in [1.807, 2.05) is 0 Å². The predicted molar refractivity (Wildman–Crippen MR) is 74.1 cm³/mol. The van der Waals surface area contributed by atoms with Gasteiger partial charge in [-0.1, -0.05) is 47.0 Å². The lowest BCUT2D eigenvalue weighted by atomic mass is 9.73. The fourth-order valence-electron chi connectivity index (χ4n) is 3.34. The Bertz CT molecular complexity index is 236. The third-order valence-electron chi connectivity index (χ3n) is 3.84. The van der Waals surface area contributed by atoms with E-state index in [1.54, 1.807) is 0 Å². The second-order valence-corrected chi connectivity index (χ2v) is 7.16. The average molecular weight is 238 g/mol. The molecule has 1 heteroatoms. The first-order valence-electron chi connectivity index (χ1n) is 7.42. The quantitative estimate of drug-likeness (QED) is 0.659. The molecule has 100 valence electrons. The van der Waals surface area contributed by atoms with Crippen molar-refractivity contribution in [2.45, 2.75) is 79.1 Å². The number of carbonyl (C=O) groups excluding carboxylic acids is 1.